The minimum Gasteiger partial charge on any atom is -0.382 e. The lowest BCUT2D eigenvalue weighted by molar-refractivity contribution is 1.000. The number of hydrogen-bond donors (Lipinski definition) is 2. The van der Waals surface area contributed by atoms with Crippen LogP contribution in [0, 0.1) is 11.3 Å². The average molecular weight is 192 g/mol. The van der Waals surface area contributed by atoms with Crippen LogP contribution in [-0.4, -0.2) is 31.1 Å². The molecule has 0 bridgehead atoms. The molecular formula is C8H12N6. The Kier molecular flexibility index (Phi) is 2.72. The van der Waals surface area contributed by atoms with Gasteiger partial charge in [-0.05, 0) is 0 Å². The fourth-order valence-electron chi connectivity index (χ4n) is 0.957. The van der Waals surface area contributed by atoms with Gasteiger partial charge in [-0.1, -0.05) is 0 Å². The number of rotatable bonds is 2. The SMILES string of the molecule is CNc1nc(N(C)C)nc(N)c1C#N. The van der Waals surface area contributed by atoms with Crippen molar-refractivity contribution in [3.63, 3.8) is 0 Å². The molecule has 0 aliphatic rings. The van der Waals surface area contributed by atoms with Crippen molar-refractivity contribution in [2.24, 2.45) is 0 Å². The zero-order valence-corrected chi connectivity index (χ0v) is 8.37. The number of nitrogen functional groups attached to an aromatic ring is 1. The second-order valence-corrected chi connectivity index (χ2v) is 2.89. The van der Waals surface area contributed by atoms with Crippen LogP contribution in [0.2, 0.25) is 0 Å². The molecule has 0 atom stereocenters. The summed E-state index contributed by atoms with van der Waals surface area (Å²) in [6, 6.07) is 1.95. The van der Waals surface area contributed by atoms with Crippen LogP contribution in [0.15, 0.2) is 0 Å². The van der Waals surface area contributed by atoms with Gasteiger partial charge in [0.1, 0.15) is 17.5 Å². The maximum atomic E-state index is 8.80. The summed E-state index contributed by atoms with van der Waals surface area (Å²) in [4.78, 5) is 9.83. The fraction of sp³-hybridized carbons (Fsp3) is 0.375. The molecule has 0 spiro atoms. The molecule has 1 aromatic rings. The van der Waals surface area contributed by atoms with Gasteiger partial charge < -0.3 is 16.0 Å². The van der Waals surface area contributed by atoms with Crippen LogP contribution >= 0.6 is 0 Å². The van der Waals surface area contributed by atoms with Gasteiger partial charge in [-0.25, -0.2) is 0 Å². The Labute approximate surface area is 82.4 Å². The van der Waals surface area contributed by atoms with E-state index in [1.165, 1.54) is 0 Å². The van der Waals surface area contributed by atoms with Gasteiger partial charge in [0.15, 0.2) is 5.82 Å². The summed E-state index contributed by atoms with van der Waals surface area (Å²) >= 11 is 0. The largest absolute Gasteiger partial charge is 0.382 e. The smallest absolute Gasteiger partial charge is 0.228 e. The molecule has 0 unspecified atom stereocenters. The van der Waals surface area contributed by atoms with E-state index >= 15 is 0 Å². The van der Waals surface area contributed by atoms with E-state index in [0.29, 0.717) is 11.8 Å². The number of hydrogen-bond acceptors (Lipinski definition) is 6. The van der Waals surface area contributed by atoms with Crippen molar-refractivity contribution < 1.29 is 0 Å². The quantitative estimate of drug-likeness (QED) is 0.687. The minimum absolute atomic E-state index is 0.190. The molecule has 0 aliphatic heterocycles. The summed E-state index contributed by atoms with van der Waals surface area (Å²) in [5.41, 5.74) is 5.88. The number of aromatic nitrogens is 2. The first-order valence-corrected chi connectivity index (χ1v) is 4.02. The van der Waals surface area contributed by atoms with Crippen molar-refractivity contribution in [3.8, 4) is 6.07 Å². The molecule has 0 aliphatic carbocycles. The number of nitriles is 1. The van der Waals surface area contributed by atoms with Crippen LogP contribution in [0.25, 0.3) is 0 Å². The Balaban J connectivity index is 3.33. The van der Waals surface area contributed by atoms with Gasteiger partial charge in [-0.3, -0.25) is 0 Å². The molecular weight excluding hydrogens is 180 g/mol. The lowest BCUT2D eigenvalue weighted by Gasteiger charge is -2.13. The monoisotopic (exact) mass is 192 g/mol. The number of nitrogens with two attached hydrogens (primary N) is 1. The van der Waals surface area contributed by atoms with Crippen molar-refractivity contribution in [3.05, 3.63) is 5.56 Å². The predicted octanol–water partition coefficient (Wildman–Crippen LogP) is 0.0382. The van der Waals surface area contributed by atoms with E-state index in [-0.39, 0.29) is 11.4 Å². The van der Waals surface area contributed by atoms with Crippen LogP contribution in [0.5, 0.6) is 0 Å². The molecule has 0 amide bonds. The number of nitrogens with one attached hydrogen (secondary N) is 1. The molecule has 0 radical (unpaired) electrons. The molecule has 0 saturated heterocycles. The first-order valence-electron chi connectivity index (χ1n) is 4.02. The molecule has 3 N–H and O–H groups in total. The van der Waals surface area contributed by atoms with Gasteiger partial charge in [-0.2, -0.15) is 15.2 Å². The molecule has 14 heavy (non-hydrogen) atoms. The van der Waals surface area contributed by atoms with Gasteiger partial charge in [0.25, 0.3) is 0 Å². The molecule has 0 saturated carbocycles. The summed E-state index contributed by atoms with van der Waals surface area (Å²) < 4.78 is 0. The lowest BCUT2D eigenvalue weighted by Crippen LogP contribution is -2.15. The predicted molar refractivity (Wildman–Crippen MR) is 55.0 cm³/mol. The summed E-state index contributed by atoms with van der Waals surface area (Å²) in [6.07, 6.45) is 0. The van der Waals surface area contributed by atoms with E-state index in [0.717, 1.165) is 0 Å². The van der Waals surface area contributed by atoms with Crippen molar-refractivity contribution in [2.45, 2.75) is 0 Å². The molecule has 74 valence electrons. The normalized spacial score (nSPS) is 9.29. The summed E-state index contributed by atoms with van der Waals surface area (Å²) in [7, 11) is 5.29. The van der Waals surface area contributed by atoms with Gasteiger partial charge in [0, 0.05) is 21.1 Å². The van der Waals surface area contributed by atoms with Crippen molar-refractivity contribution >= 4 is 17.6 Å². The second kappa shape index (κ2) is 3.79. The van der Waals surface area contributed by atoms with E-state index in [2.05, 4.69) is 15.3 Å². The molecule has 1 aromatic heterocycles. The maximum absolute atomic E-state index is 8.80. The van der Waals surface area contributed by atoms with E-state index in [1.54, 1.807) is 26.0 Å². The van der Waals surface area contributed by atoms with Crippen LogP contribution in [-0.2, 0) is 0 Å². The highest BCUT2D eigenvalue weighted by Gasteiger charge is 2.11. The van der Waals surface area contributed by atoms with Gasteiger partial charge in [0.2, 0.25) is 5.95 Å². The van der Waals surface area contributed by atoms with E-state index in [4.69, 9.17) is 11.0 Å². The van der Waals surface area contributed by atoms with E-state index < -0.39 is 0 Å². The Morgan fingerprint density at radius 3 is 2.50 bits per heavy atom. The third-order valence-electron chi connectivity index (χ3n) is 1.67. The Hall–Kier alpha value is -2.03. The van der Waals surface area contributed by atoms with E-state index in [1.807, 2.05) is 6.07 Å². The number of nitrogens with zero attached hydrogens (tertiary/aromatic N) is 4. The highest BCUT2D eigenvalue weighted by molar-refractivity contribution is 5.64. The second-order valence-electron chi connectivity index (χ2n) is 2.89. The maximum Gasteiger partial charge on any atom is 0.228 e. The molecule has 1 rings (SSSR count). The molecule has 0 aromatic carbocycles. The third-order valence-corrected chi connectivity index (χ3v) is 1.67. The van der Waals surface area contributed by atoms with Crippen molar-refractivity contribution in [2.75, 3.05) is 37.1 Å². The average Bonchev–Trinajstić information content (AvgIpc) is 2.16. The van der Waals surface area contributed by atoms with Gasteiger partial charge in [0.05, 0.1) is 0 Å². The van der Waals surface area contributed by atoms with Gasteiger partial charge in [-0.15, -0.1) is 0 Å². The summed E-state index contributed by atoms with van der Waals surface area (Å²) in [6.45, 7) is 0. The fourth-order valence-corrected chi connectivity index (χ4v) is 0.957. The first kappa shape index (κ1) is 10.1. The molecule has 6 nitrogen and oxygen atoms in total. The molecule has 6 heteroatoms. The highest BCUT2D eigenvalue weighted by atomic mass is 15.2. The molecule has 0 fully saturated rings. The zero-order valence-electron chi connectivity index (χ0n) is 8.37. The Bertz CT molecular complexity index is 378. The van der Waals surface area contributed by atoms with Gasteiger partial charge >= 0.3 is 0 Å². The minimum atomic E-state index is 0.190. The standard InChI is InChI=1S/C8H12N6/c1-11-7-5(4-9)6(10)12-8(13-7)14(2)3/h1-3H3,(H3,10,11,12,13). The van der Waals surface area contributed by atoms with E-state index in [9.17, 15) is 0 Å². The third kappa shape index (κ3) is 1.66. The van der Waals surface area contributed by atoms with Crippen molar-refractivity contribution in [1.82, 2.24) is 9.97 Å². The summed E-state index contributed by atoms with van der Waals surface area (Å²) in [5.74, 6) is 1.12. The first-order chi connectivity index (χ1) is 6.60. The Morgan fingerprint density at radius 1 is 1.43 bits per heavy atom. The van der Waals surface area contributed by atoms with Crippen LogP contribution in [0.1, 0.15) is 5.56 Å². The number of anilines is 3. The van der Waals surface area contributed by atoms with Crippen LogP contribution in [0.4, 0.5) is 17.6 Å². The topological polar surface area (TPSA) is 90.9 Å². The lowest BCUT2D eigenvalue weighted by atomic mass is 10.3. The van der Waals surface area contributed by atoms with Crippen LogP contribution in [0.3, 0.4) is 0 Å². The summed E-state index contributed by atoms with van der Waals surface area (Å²) in [5, 5.41) is 11.6. The molecule has 1 heterocycles. The van der Waals surface area contributed by atoms with Crippen molar-refractivity contribution in [1.29, 1.82) is 5.26 Å². The highest BCUT2D eigenvalue weighted by Crippen LogP contribution is 2.19. The zero-order chi connectivity index (χ0) is 10.7. The van der Waals surface area contributed by atoms with Crippen LogP contribution < -0.4 is 16.0 Å². The Morgan fingerprint density at radius 2 is 2.07 bits per heavy atom.